The predicted molar refractivity (Wildman–Crippen MR) is 145 cm³/mol. The molecule has 7 nitrogen and oxygen atoms in total. The number of carbonyl (C=O) groups excluding carboxylic acids is 1. The molecular formula is C29H29N3O4S. The number of nitrogens with zero attached hydrogens (tertiary/aromatic N) is 3. The molecule has 0 spiro atoms. The van der Waals surface area contributed by atoms with Crippen LogP contribution in [0.1, 0.15) is 35.7 Å². The number of phenolic OH excluding ortho intramolecular Hbond substituents is 1. The minimum absolute atomic E-state index is 0.00807. The molecule has 1 amide bonds. The van der Waals surface area contributed by atoms with Crippen molar-refractivity contribution in [2.75, 3.05) is 13.1 Å². The number of aromatic hydroxyl groups is 1. The summed E-state index contributed by atoms with van der Waals surface area (Å²) in [7, 11) is -3.96. The molecule has 0 radical (unpaired) electrons. The van der Waals surface area contributed by atoms with E-state index in [4.69, 9.17) is 0 Å². The summed E-state index contributed by atoms with van der Waals surface area (Å²) in [6, 6.07) is 14.1. The third kappa shape index (κ3) is 4.31. The van der Waals surface area contributed by atoms with Crippen LogP contribution in [0.5, 0.6) is 5.75 Å². The molecule has 2 aromatic heterocycles. The first-order valence-corrected chi connectivity index (χ1v) is 13.6. The number of pyridine rings is 1. The molecular weight excluding hydrogens is 486 g/mol. The number of hydrogen-bond acceptors (Lipinski definition) is 5. The molecule has 0 atom stereocenters. The third-order valence-corrected chi connectivity index (χ3v) is 8.79. The van der Waals surface area contributed by atoms with Gasteiger partial charge in [0, 0.05) is 37.2 Å². The summed E-state index contributed by atoms with van der Waals surface area (Å²) in [5, 5.41) is 11.0. The second-order valence-corrected chi connectivity index (χ2v) is 11.4. The van der Waals surface area contributed by atoms with Gasteiger partial charge in [0.2, 0.25) is 5.91 Å². The van der Waals surface area contributed by atoms with Crippen molar-refractivity contribution >= 4 is 32.5 Å². The van der Waals surface area contributed by atoms with E-state index in [1.165, 1.54) is 10.9 Å². The zero-order valence-electron chi connectivity index (χ0n) is 21.3. The molecule has 8 heteroatoms. The monoisotopic (exact) mass is 515 g/mol. The lowest BCUT2D eigenvalue weighted by atomic mass is 9.96. The zero-order chi connectivity index (χ0) is 26.5. The number of rotatable bonds is 4. The predicted octanol–water partition coefficient (Wildman–Crippen LogP) is 5.21. The quantitative estimate of drug-likeness (QED) is 0.403. The zero-order valence-corrected chi connectivity index (χ0v) is 22.1. The van der Waals surface area contributed by atoms with E-state index in [9.17, 15) is 18.3 Å². The minimum atomic E-state index is -3.96. The van der Waals surface area contributed by atoms with Crippen LogP contribution in [0.4, 0.5) is 0 Å². The van der Waals surface area contributed by atoms with Crippen molar-refractivity contribution in [2.24, 2.45) is 0 Å². The molecule has 0 saturated heterocycles. The number of aromatic nitrogens is 2. The summed E-state index contributed by atoms with van der Waals surface area (Å²) < 4.78 is 29.3. The number of amides is 1. The fourth-order valence-electron chi connectivity index (χ4n) is 4.96. The molecule has 1 N–H and O–H groups in total. The summed E-state index contributed by atoms with van der Waals surface area (Å²) >= 11 is 0. The van der Waals surface area contributed by atoms with Crippen LogP contribution in [0.3, 0.4) is 0 Å². The molecule has 190 valence electrons. The Balaban J connectivity index is 1.74. The highest BCUT2D eigenvalue weighted by molar-refractivity contribution is 7.90. The maximum absolute atomic E-state index is 14.0. The molecule has 1 aliphatic rings. The van der Waals surface area contributed by atoms with Crippen LogP contribution in [-0.2, 0) is 14.8 Å². The SMILES string of the molecule is CC(=O)N1CC=C(c2cc3cc(-c4c(C)ccc(O)c4C)cnc3n2S(=O)(=O)c2ccc(C)cc2)CC1. The summed E-state index contributed by atoms with van der Waals surface area (Å²) in [5.74, 6) is 0.189. The smallest absolute Gasteiger partial charge is 0.269 e. The fraction of sp³-hybridized carbons (Fsp3) is 0.241. The molecule has 0 unspecified atom stereocenters. The van der Waals surface area contributed by atoms with Gasteiger partial charge < -0.3 is 10.0 Å². The number of hydrogen-bond donors (Lipinski definition) is 1. The van der Waals surface area contributed by atoms with Crippen LogP contribution in [-0.4, -0.2) is 46.4 Å². The second-order valence-electron chi connectivity index (χ2n) is 9.59. The van der Waals surface area contributed by atoms with Crippen molar-refractivity contribution in [1.29, 1.82) is 0 Å². The summed E-state index contributed by atoms with van der Waals surface area (Å²) in [6.07, 6.45) is 4.12. The van der Waals surface area contributed by atoms with Crippen molar-refractivity contribution in [2.45, 2.75) is 39.0 Å². The van der Waals surface area contributed by atoms with Gasteiger partial charge in [0.05, 0.1) is 10.6 Å². The van der Waals surface area contributed by atoms with Gasteiger partial charge in [-0.05, 0) is 79.8 Å². The van der Waals surface area contributed by atoms with Gasteiger partial charge in [0.1, 0.15) is 5.75 Å². The Morgan fingerprint density at radius 1 is 1.03 bits per heavy atom. The second kappa shape index (κ2) is 9.19. The van der Waals surface area contributed by atoms with E-state index in [1.807, 2.05) is 45.0 Å². The van der Waals surface area contributed by atoms with E-state index < -0.39 is 10.0 Å². The van der Waals surface area contributed by atoms with E-state index in [-0.39, 0.29) is 16.6 Å². The summed E-state index contributed by atoms with van der Waals surface area (Å²) in [6.45, 7) is 8.22. The van der Waals surface area contributed by atoms with Crippen LogP contribution in [0.15, 0.2) is 65.7 Å². The highest BCUT2D eigenvalue weighted by Crippen LogP contribution is 2.36. The molecule has 1 aliphatic heterocycles. The van der Waals surface area contributed by atoms with Gasteiger partial charge in [0.25, 0.3) is 10.0 Å². The van der Waals surface area contributed by atoms with Crippen molar-refractivity contribution in [3.8, 4) is 16.9 Å². The first-order valence-electron chi connectivity index (χ1n) is 12.2. The third-order valence-electron chi connectivity index (χ3n) is 7.07. The standard InChI is InChI=1S/C29H29N3O4S/c1-18-5-8-25(9-6-18)37(35,36)32-26(22-11-13-31(14-12-22)21(4)33)16-23-15-24(17-30-29(23)32)28-19(2)7-10-27(34)20(28)3/h5-11,15-17,34H,12-14H2,1-4H3. The molecule has 5 rings (SSSR count). The van der Waals surface area contributed by atoms with Gasteiger partial charge in [-0.2, -0.15) is 0 Å². The number of aryl methyl sites for hydroxylation is 2. The van der Waals surface area contributed by atoms with Gasteiger partial charge in [0.15, 0.2) is 5.65 Å². The Kier molecular flexibility index (Phi) is 6.15. The highest BCUT2D eigenvalue weighted by Gasteiger charge is 2.27. The van der Waals surface area contributed by atoms with Gasteiger partial charge in [-0.15, -0.1) is 0 Å². The topological polar surface area (TPSA) is 92.5 Å². The number of carbonyl (C=O) groups is 1. The Morgan fingerprint density at radius 3 is 2.41 bits per heavy atom. The molecule has 0 aliphatic carbocycles. The van der Waals surface area contributed by atoms with E-state index >= 15 is 0 Å². The molecule has 0 fully saturated rings. The average Bonchev–Trinajstić information content (AvgIpc) is 3.26. The average molecular weight is 516 g/mol. The molecule has 3 heterocycles. The first kappa shape index (κ1) is 24.8. The fourth-order valence-corrected chi connectivity index (χ4v) is 6.46. The lowest BCUT2D eigenvalue weighted by Crippen LogP contribution is -2.33. The minimum Gasteiger partial charge on any atom is -0.508 e. The molecule has 2 aromatic carbocycles. The van der Waals surface area contributed by atoms with Gasteiger partial charge in [-0.1, -0.05) is 29.8 Å². The maximum atomic E-state index is 14.0. The molecule has 37 heavy (non-hydrogen) atoms. The highest BCUT2D eigenvalue weighted by atomic mass is 32.2. The number of benzene rings is 2. The van der Waals surface area contributed by atoms with Crippen molar-refractivity contribution in [3.63, 3.8) is 0 Å². The van der Waals surface area contributed by atoms with Crippen LogP contribution in [0.25, 0.3) is 27.7 Å². The van der Waals surface area contributed by atoms with Crippen molar-refractivity contribution in [3.05, 3.63) is 83.2 Å². The van der Waals surface area contributed by atoms with Crippen molar-refractivity contribution in [1.82, 2.24) is 13.9 Å². The number of phenols is 1. The molecule has 4 aromatic rings. The van der Waals surface area contributed by atoms with Crippen molar-refractivity contribution < 1.29 is 18.3 Å². The molecule has 0 saturated carbocycles. The Labute approximate surface area is 216 Å². The lowest BCUT2D eigenvalue weighted by Gasteiger charge is -2.25. The Morgan fingerprint density at radius 2 is 1.76 bits per heavy atom. The molecule has 0 bridgehead atoms. The largest absolute Gasteiger partial charge is 0.508 e. The normalized spacial score (nSPS) is 14.2. The van der Waals surface area contributed by atoms with Gasteiger partial charge in [-0.3, -0.25) is 4.79 Å². The van der Waals surface area contributed by atoms with Crippen LogP contribution < -0.4 is 0 Å². The van der Waals surface area contributed by atoms with E-state index in [0.29, 0.717) is 36.2 Å². The summed E-state index contributed by atoms with van der Waals surface area (Å²) in [5.41, 5.74) is 6.12. The van der Waals surface area contributed by atoms with Crippen LogP contribution >= 0.6 is 0 Å². The van der Waals surface area contributed by atoms with E-state index in [2.05, 4.69) is 4.98 Å². The van der Waals surface area contributed by atoms with Gasteiger partial charge in [-0.25, -0.2) is 17.4 Å². The van der Waals surface area contributed by atoms with Crippen LogP contribution in [0, 0.1) is 20.8 Å². The summed E-state index contributed by atoms with van der Waals surface area (Å²) in [4.78, 5) is 18.4. The first-order chi connectivity index (χ1) is 17.6. The van der Waals surface area contributed by atoms with E-state index in [1.54, 1.807) is 41.4 Å². The Hall–Kier alpha value is -3.91. The Bertz CT molecular complexity index is 1680. The maximum Gasteiger partial charge on any atom is 0.269 e. The van der Waals surface area contributed by atoms with E-state index in [0.717, 1.165) is 33.4 Å². The van der Waals surface area contributed by atoms with Gasteiger partial charge >= 0.3 is 0 Å². The number of fused-ring (bicyclic) bond motifs is 1. The lowest BCUT2D eigenvalue weighted by molar-refractivity contribution is -0.128. The van der Waals surface area contributed by atoms with Crippen LogP contribution in [0.2, 0.25) is 0 Å².